The zero-order valence-corrected chi connectivity index (χ0v) is 21.5. The second-order valence-corrected chi connectivity index (χ2v) is 10.9. The zero-order valence-electron chi connectivity index (χ0n) is 19.1. The average molecular weight is 521 g/mol. The van der Waals surface area contributed by atoms with E-state index in [0.29, 0.717) is 27.9 Å². The molecule has 3 aromatic rings. The maximum Gasteiger partial charge on any atom is 0.261 e. The number of nitrogens with one attached hydrogen (secondary N) is 2. The largest absolute Gasteiger partial charge is 0.493 e. The molecule has 0 fully saturated rings. The van der Waals surface area contributed by atoms with Gasteiger partial charge in [0.1, 0.15) is 0 Å². The number of carbonyl (C=O) groups is 1. The molecule has 7 nitrogen and oxygen atoms in total. The summed E-state index contributed by atoms with van der Waals surface area (Å²) < 4.78 is 38.6. The van der Waals surface area contributed by atoms with E-state index < -0.39 is 15.3 Å². The van der Waals surface area contributed by atoms with Gasteiger partial charge in [0, 0.05) is 15.6 Å². The minimum absolute atomic E-state index is 0.0672. The van der Waals surface area contributed by atoms with Gasteiger partial charge in [0.05, 0.1) is 30.1 Å². The highest BCUT2D eigenvalue weighted by Crippen LogP contribution is 2.34. The van der Waals surface area contributed by atoms with Crippen molar-refractivity contribution in [1.82, 2.24) is 0 Å². The summed E-state index contributed by atoms with van der Waals surface area (Å²) >= 11 is 7.34. The summed E-state index contributed by atoms with van der Waals surface area (Å²) in [6, 6.07) is 16.4. The van der Waals surface area contributed by atoms with Gasteiger partial charge >= 0.3 is 0 Å². The van der Waals surface area contributed by atoms with Crippen LogP contribution in [0.1, 0.15) is 12.5 Å². The fraction of sp³-hybridized carbons (Fsp3) is 0.208. The molecular weight excluding hydrogens is 496 g/mol. The molecule has 0 unspecified atom stereocenters. The molecule has 1 atom stereocenters. The molecule has 1 amide bonds. The quantitative estimate of drug-likeness (QED) is 0.357. The highest BCUT2D eigenvalue weighted by Gasteiger charge is 2.18. The highest BCUT2D eigenvalue weighted by molar-refractivity contribution is 8.00. The van der Waals surface area contributed by atoms with Crippen LogP contribution < -0.4 is 19.5 Å². The molecule has 0 saturated heterocycles. The number of ether oxygens (including phenoxy) is 2. The number of thioether (sulfide) groups is 1. The van der Waals surface area contributed by atoms with Crippen molar-refractivity contribution in [3.8, 4) is 11.5 Å². The van der Waals surface area contributed by atoms with Crippen LogP contribution in [0.15, 0.2) is 70.5 Å². The van der Waals surface area contributed by atoms with E-state index in [4.69, 9.17) is 21.1 Å². The van der Waals surface area contributed by atoms with E-state index in [1.807, 2.05) is 12.1 Å². The second kappa shape index (κ2) is 11.0. The van der Waals surface area contributed by atoms with E-state index in [1.165, 1.54) is 23.9 Å². The highest BCUT2D eigenvalue weighted by atomic mass is 35.5. The molecule has 0 aliphatic heterocycles. The minimum atomic E-state index is -3.81. The second-order valence-electron chi connectivity index (χ2n) is 7.36. The predicted octanol–water partition coefficient (Wildman–Crippen LogP) is 5.59. The van der Waals surface area contributed by atoms with E-state index in [9.17, 15) is 13.2 Å². The molecule has 0 aromatic heterocycles. The first kappa shape index (κ1) is 25.7. The Labute approximate surface area is 208 Å². The number of rotatable bonds is 9. The molecule has 0 bridgehead atoms. The first-order valence-corrected chi connectivity index (χ1v) is 13.0. The first-order chi connectivity index (χ1) is 16.1. The minimum Gasteiger partial charge on any atom is -0.493 e. The van der Waals surface area contributed by atoms with Crippen LogP contribution in [-0.2, 0) is 14.8 Å². The standard InChI is InChI=1S/C24H25ClN2O5S2/c1-15-5-6-17(25)13-21(15)27-34(29,30)20-10-7-18(8-11-20)26-24(28)16(2)33-19-9-12-22(31-3)23(14-19)32-4/h5-14,16,27H,1-4H3,(H,26,28)/t16-/m1/s1. The molecule has 10 heteroatoms. The third kappa shape index (κ3) is 6.37. The topological polar surface area (TPSA) is 93.7 Å². The Morgan fingerprint density at radius 3 is 2.29 bits per heavy atom. The molecule has 0 radical (unpaired) electrons. The van der Waals surface area contributed by atoms with Gasteiger partial charge in [0.25, 0.3) is 10.0 Å². The Morgan fingerprint density at radius 2 is 1.65 bits per heavy atom. The van der Waals surface area contributed by atoms with Crippen LogP contribution in [0.3, 0.4) is 0 Å². The van der Waals surface area contributed by atoms with Crippen molar-refractivity contribution in [2.45, 2.75) is 28.9 Å². The molecule has 0 heterocycles. The Balaban J connectivity index is 1.65. The number of amides is 1. The van der Waals surface area contributed by atoms with Crippen LogP contribution in [0, 0.1) is 6.92 Å². The third-order valence-electron chi connectivity index (χ3n) is 4.91. The zero-order chi connectivity index (χ0) is 24.9. The molecule has 0 aliphatic rings. The van der Waals surface area contributed by atoms with Gasteiger partial charge in [-0.05, 0) is 74.0 Å². The fourth-order valence-corrected chi connectivity index (χ4v) is 5.21. The Morgan fingerprint density at radius 1 is 0.971 bits per heavy atom. The van der Waals surface area contributed by atoms with Gasteiger partial charge in [-0.1, -0.05) is 17.7 Å². The number of anilines is 2. The van der Waals surface area contributed by atoms with E-state index >= 15 is 0 Å². The lowest BCUT2D eigenvalue weighted by Crippen LogP contribution is -2.22. The number of hydrogen-bond donors (Lipinski definition) is 2. The number of carbonyl (C=O) groups excluding carboxylic acids is 1. The van der Waals surface area contributed by atoms with Crippen LogP contribution in [0.2, 0.25) is 5.02 Å². The van der Waals surface area contributed by atoms with Crippen molar-refractivity contribution in [2.24, 2.45) is 0 Å². The summed E-state index contributed by atoms with van der Waals surface area (Å²) in [5, 5.41) is 2.83. The number of methoxy groups -OCH3 is 2. The average Bonchev–Trinajstić information content (AvgIpc) is 2.81. The lowest BCUT2D eigenvalue weighted by atomic mass is 10.2. The van der Waals surface area contributed by atoms with E-state index in [0.717, 1.165) is 10.5 Å². The Kier molecular flexibility index (Phi) is 8.35. The monoisotopic (exact) mass is 520 g/mol. The van der Waals surface area contributed by atoms with E-state index in [2.05, 4.69) is 10.0 Å². The predicted molar refractivity (Wildman–Crippen MR) is 137 cm³/mol. The normalized spacial score (nSPS) is 12.0. The van der Waals surface area contributed by atoms with Gasteiger partial charge in [0.15, 0.2) is 11.5 Å². The molecule has 0 saturated carbocycles. The van der Waals surface area contributed by atoms with Crippen LogP contribution in [0.5, 0.6) is 11.5 Å². The van der Waals surface area contributed by atoms with Crippen molar-refractivity contribution >= 4 is 50.7 Å². The molecule has 2 N–H and O–H groups in total. The molecule has 34 heavy (non-hydrogen) atoms. The van der Waals surface area contributed by atoms with Gasteiger partial charge < -0.3 is 14.8 Å². The molecule has 180 valence electrons. The SMILES string of the molecule is COc1ccc(S[C@H](C)C(=O)Nc2ccc(S(=O)(=O)Nc3cc(Cl)ccc3C)cc2)cc1OC. The van der Waals surface area contributed by atoms with E-state index in [1.54, 1.807) is 64.5 Å². The number of halogens is 1. The first-order valence-electron chi connectivity index (χ1n) is 10.2. The fourth-order valence-electron chi connectivity index (χ4n) is 3.02. The molecule has 3 aromatic carbocycles. The van der Waals surface area contributed by atoms with Crippen molar-refractivity contribution in [2.75, 3.05) is 24.3 Å². The van der Waals surface area contributed by atoms with Gasteiger partial charge in [-0.3, -0.25) is 9.52 Å². The molecule has 3 rings (SSSR count). The van der Waals surface area contributed by atoms with Gasteiger partial charge in [-0.2, -0.15) is 0 Å². The number of aryl methyl sites for hydroxylation is 1. The maximum absolute atomic E-state index is 12.7. The number of hydrogen-bond acceptors (Lipinski definition) is 6. The summed E-state index contributed by atoms with van der Waals surface area (Å²) in [5.41, 5.74) is 1.64. The molecular formula is C24H25ClN2O5S2. The Bertz CT molecular complexity index is 1280. The van der Waals surface area contributed by atoms with Crippen molar-refractivity contribution in [3.63, 3.8) is 0 Å². The maximum atomic E-state index is 12.7. The van der Waals surface area contributed by atoms with Crippen LogP contribution in [0.25, 0.3) is 0 Å². The summed E-state index contributed by atoms with van der Waals surface area (Å²) in [6.07, 6.45) is 0. The van der Waals surface area contributed by atoms with Crippen LogP contribution >= 0.6 is 23.4 Å². The van der Waals surface area contributed by atoms with E-state index in [-0.39, 0.29) is 10.8 Å². The van der Waals surface area contributed by atoms with Crippen molar-refractivity contribution in [1.29, 1.82) is 0 Å². The van der Waals surface area contributed by atoms with Crippen molar-refractivity contribution in [3.05, 3.63) is 71.2 Å². The third-order valence-corrected chi connectivity index (χ3v) is 7.62. The summed E-state index contributed by atoms with van der Waals surface area (Å²) in [4.78, 5) is 13.6. The van der Waals surface area contributed by atoms with Crippen LogP contribution in [-0.4, -0.2) is 33.8 Å². The number of benzene rings is 3. The van der Waals surface area contributed by atoms with Gasteiger partial charge in [-0.25, -0.2) is 8.42 Å². The van der Waals surface area contributed by atoms with Gasteiger partial charge in [-0.15, -0.1) is 11.8 Å². The summed E-state index contributed by atoms with van der Waals surface area (Å²) in [6.45, 7) is 3.57. The molecule has 0 aliphatic carbocycles. The summed E-state index contributed by atoms with van der Waals surface area (Å²) in [5.74, 6) is 0.973. The Hall–Kier alpha value is -2.88. The smallest absolute Gasteiger partial charge is 0.261 e. The van der Waals surface area contributed by atoms with Crippen molar-refractivity contribution < 1.29 is 22.7 Å². The molecule has 0 spiro atoms. The number of sulfonamides is 1. The van der Waals surface area contributed by atoms with Crippen LogP contribution in [0.4, 0.5) is 11.4 Å². The lowest BCUT2D eigenvalue weighted by Gasteiger charge is -2.14. The lowest BCUT2D eigenvalue weighted by molar-refractivity contribution is -0.115. The summed E-state index contributed by atoms with van der Waals surface area (Å²) in [7, 11) is -0.700. The van der Waals surface area contributed by atoms with Gasteiger partial charge in [0.2, 0.25) is 5.91 Å².